The van der Waals surface area contributed by atoms with E-state index >= 15 is 0 Å². The number of fused-ring (bicyclic) bond motifs is 4. The Morgan fingerprint density at radius 3 is 2.60 bits per heavy atom. The van der Waals surface area contributed by atoms with Gasteiger partial charge >= 0.3 is 5.97 Å². The number of pyridine rings is 1. The van der Waals surface area contributed by atoms with Crippen molar-refractivity contribution in [3.63, 3.8) is 0 Å². The minimum absolute atomic E-state index is 0.221. The Morgan fingerprint density at radius 2 is 1.91 bits per heavy atom. The first-order chi connectivity index (χ1) is 16.8. The first kappa shape index (κ1) is 22.8. The van der Waals surface area contributed by atoms with E-state index in [9.17, 15) is 14.7 Å². The van der Waals surface area contributed by atoms with E-state index in [0.717, 1.165) is 44.0 Å². The van der Waals surface area contributed by atoms with Crippen molar-refractivity contribution in [2.24, 2.45) is 0 Å². The molecule has 0 spiro atoms. The lowest BCUT2D eigenvalue weighted by Gasteiger charge is -2.51. The average molecular weight is 475 g/mol. The molecule has 180 valence electrons. The molecule has 6 rings (SSSR count). The molecular formula is C25H26N6O4. The Bertz CT molecular complexity index is 1330. The van der Waals surface area contributed by atoms with E-state index in [1.807, 2.05) is 18.2 Å². The topological polar surface area (TPSA) is 142 Å². The molecule has 0 atom stereocenters. The monoisotopic (exact) mass is 474 g/mol. The molecule has 0 radical (unpaired) electrons. The van der Waals surface area contributed by atoms with E-state index in [0.29, 0.717) is 28.2 Å². The summed E-state index contributed by atoms with van der Waals surface area (Å²) in [7, 11) is 1.26. The molecule has 0 aromatic carbocycles. The number of aliphatic hydroxyl groups is 1. The summed E-state index contributed by atoms with van der Waals surface area (Å²) in [6, 6.07) is 9.38. The number of hydrogen-bond acceptors (Lipinski definition) is 8. The number of aromatic nitrogens is 3. The molecule has 3 saturated carbocycles. The summed E-state index contributed by atoms with van der Waals surface area (Å²) in [5, 5.41) is 30.3. The Hall–Kier alpha value is -3.97. The third-order valence-electron chi connectivity index (χ3n) is 7.27. The van der Waals surface area contributed by atoms with Gasteiger partial charge in [0.2, 0.25) is 0 Å². The number of nitriles is 1. The number of anilines is 1. The SMILES string of the molecule is COC(=O)CNC(=O)c1cnc(-c2ccc3cc(C#N)cnn23)cc1NC12CCC(O)(CC1)CC2. The molecule has 35 heavy (non-hydrogen) atoms. The number of amides is 1. The fraction of sp³-hybridized carbons (Fsp3) is 0.400. The molecular weight excluding hydrogens is 448 g/mol. The summed E-state index contributed by atoms with van der Waals surface area (Å²) in [6.07, 6.45) is 7.55. The fourth-order valence-corrected chi connectivity index (χ4v) is 5.09. The number of hydrogen-bond donors (Lipinski definition) is 3. The highest BCUT2D eigenvalue weighted by Gasteiger charge is 2.48. The lowest BCUT2D eigenvalue weighted by molar-refractivity contribution is -0.139. The van der Waals surface area contributed by atoms with Crippen LogP contribution in [0.25, 0.3) is 16.9 Å². The Morgan fingerprint density at radius 1 is 1.17 bits per heavy atom. The minimum atomic E-state index is -0.577. The number of nitrogens with one attached hydrogen (secondary N) is 2. The Balaban J connectivity index is 1.51. The van der Waals surface area contributed by atoms with Crippen LogP contribution in [0.15, 0.2) is 36.7 Å². The van der Waals surface area contributed by atoms with Gasteiger partial charge < -0.3 is 20.5 Å². The zero-order valence-corrected chi connectivity index (χ0v) is 19.4. The van der Waals surface area contributed by atoms with Crippen molar-refractivity contribution >= 4 is 23.1 Å². The molecule has 0 saturated heterocycles. The van der Waals surface area contributed by atoms with Crippen LogP contribution in [-0.4, -0.2) is 56.4 Å². The van der Waals surface area contributed by atoms with Crippen molar-refractivity contribution in [3.05, 3.63) is 47.8 Å². The summed E-state index contributed by atoms with van der Waals surface area (Å²) in [5.41, 5.74) is 2.67. The lowest BCUT2D eigenvalue weighted by Crippen LogP contribution is -2.54. The van der Waals surface area contributed by atoms with Gasteiger partial charge in [0.25, 0.3) is 5.91 Å². The van der Waals surface area contributed by atoms with Gasteiger partial charge in [-0.2, -0.15) is 10.4 Å². The van der Waals surface area contributed by atoms with Crippen LogP contribution in [0.5, 0.6) is 0 Å². The smallest absolute Gasteiger partial charge is 0.325 e. The van der Waals surface area contributed by atoms with Crippen LogP contribution in [0, 0.1) is 11.3 Å². The number of methoxy groups -OCH3 is 1. The quantitative estimate of drug-likeness (QED) is 0.463. The molecule has 3 N–H and O–H groups in total. The number of carbonyl (C=O) groups is 2. The maximum Gasteiger partial charge on any atom is 0.325 e. The van der Waals surface area contributed by atoms with Gasteiger partial charge in [-0.15, -0.1) is 0 Å². The van der Waals surface area contributed by atoms with Crippen LogP contribution in [0.1, 0.15) is 54.4 Å². The number of esters is 1. The number of nitrogens with zero attached hydrogens (tertiary/aromatic N) is 4. The average Bonchev–Trinajstić information content (AvgIpc) is 3.31. The number of rotatable bonds is 6. The molecule has 0 aliphatic heterocycles. The zero-order chi connectivity index (χ0) is 24.6. The summed E-state index contributed by atoms with van der Waals surface area (Å²) in [6.45, 7) is -0.247. The van der Waals surface area contributed by atoms with Crippen LogP contribution < -0.4 is 10.6 Å². The second-order valence-corrected chi connectivity index (χ2v) is 9.41. The van der Waals surface area contributed by atoms with Crippen molar-refractivity contribution in [2.75, 3.05) is 19.0 Å². The van der Waals surface area contributed by atoms with E-state index in [-0.39, 0.29) is 12.1 Å². The third kappa shape index (κ3) is 4.31. The Kier molecular flexibility index (Phi) is 5.65. The summed E-state index contributed by atoms with van der Waals surface area (Å²) < 4.78 is 6.32. The van der Waals surface area contributed by atoms with Crippen molar-refractivity contribution in [2.45, 2.75) is 49.7 Å². The van der Waals surface area contributed by atoms with Gasteiger partial charge in [0, 0.05) is 11.7 Å². The third-order valence-corrected chi connectivity index (χ3v) is 7.27. The van der Waals surface area contributed by atoms with Crippen molar-refractivity contribution in [1.82, 2.24) is 19.9 Å². The predicted octanol–water partition coefficient (Wildman–Crippen LogP) is 2.42. The van der Waals surface area contributed by atoms with Gasteiger partial charge in [0.1, 0.15) is 12.6 Å². The molecule has 1 amide bonds. The zero-order valence-electron chi connectivity index (χ0n) is 19.4. The molecule has 10 nitrogen and oxygen atoms in total. The summed E-state index contributed by atoms with van der Waals surface area (Å²) in [5.74, 6) is -0.981. The molecule has 3 aliphatic carbocycles. The maximum absolute atomic E-state index is 13.0. The van der Waals surface area contributed by atoms with E-state index in [1.165, 1.54) is 19.5 Å². The first-order valence-electron chi connectivity index (χ1n) is 11.6. The highest BCUT2D eigenvalue weighted by atomic mass is 16.5. The van der Waals surface area contributed by atoms with Gasteiger partial charge in [0.15, 0.2) is 0 Å². The lowest BCUT2D eigenvalue weighted by atomic mass is 9.63. The van der Waals surface area contributed by atoms with E-state index in [1.54, 1.807) is 10.6 Å². The predicted molar refractivity (Wildman–Crippen MR) is 126 cm³/mol. The molecule has 3 fully saturated rings. The molecule has 3 aliphatic rings. The summed E-state index contributed by atoms with van der Waals surface area (Å²) >= 11 is 0. The fourth-order valence-electron chi connectivity index (χ4n) is 5.09. The molecule has 3 heterocycles. The van der Waals surface area contributed by atoms with Crippen LogP contribution in [-0.2, 0) is 9.53 Å². The molecule has 3 aromatic rings. The number of carbonyl (C=O) groups excluding carboxylic acids is 2. The van der Waals surface area contributed by atoms with Crippen molar-refractivity contribution in [3.8, 4) is 17.5 Å². The van der Waals surface area contributed by atoms with E-state index in [4.69, 9.17) is 5.26 Å². The highest BCUT2D eigenvalue weighted by molar-refractivity contribution is 6.01. The minimum Gasteiger partial charge on any atom is -0.468 e. The van der Waals surface area contributed by atoms with Gasteiger partial charge in [-0.05, 0) is 62.8 Å². The maximum atomic E-state index is 13.0. The Labute approximate surface area is 201 Å². The first-order valence-corrected chi connectivity index (χ1v) is 11.6. The van der Waals surface area contributed by atoms with Crippen LogP contribution in [0.2, 0.25) is 0 Å². The largest absolute Gasteiger partial charge is 0.468 e. The van der Waals surface area contributed by atoms with Crippen molar-refractivity contribution < 1.29 is 19.4 Å². The van der Waals surface area contributed by atoms with Crippen LogP contribution in [0.3, 0.4) is 0 Å². The second-order valence-electron chi connectivity index (χ2n) is 9.41. The van der Waals surface area contributed by atoms with Gasteiger partial charge in [-0.25, -0.2) is 4.52 Å². The van der Waals surface area contributed by atoms with Gasteiger partial charge in [0.05, 0.1) is 52.6 Å². The van der Waals surface area contributed by atoms with Crippen molar-refractivity contribution in [1.29, 1.82) is 5.26 Å². The second kappa shape index (κ2) is 8.67. The molecule has 10 heteroatoms. The molecule has 0 unspecified atom stereocenters. The van der Waals surface area contributed by atoms with Crippen LogP contribution in [0.4, 0.5) is 5.69 Å². The standard InChI is InChI=1S/C25H26N6O4/c1-35-22(32)15-28-23(33)18-14-27-20(21-3-2-17-10-16(12-26)13-29-31(17)21)11-19(18)30-24-4-7-25(34,8-5-24)9-6-24/h2-3,10-11,13-14,34H,4-9,15H2,1H3,(H,27,30)(H,28,33). The number of ether oxygens (including phenoxy) is 1. The highest BCUT2D eigenvalue weighted by Crippen LogP contribution is 2.48. The van der Waals surface area contributed by atoms with Gasteiger partial charge in [-0.3, -0.25) is 14.6 Å². The molecule has 2 bridgehead atoms. The van der Waals surface area contributed by atoms with E-state index in [2.05, 4.69) is 31.5 Å². The summed E-state index contributed by atoms with van der Waals surface area (Å²) in [4.78, 5) is 29.0. The van der Waals surface area contributed by atoms with Crippen LogP contribution >= 0.6 is 0 Å². The normalized spacial score (nSPS) is 23.0. The molecule has 3 aromatic heterocycles. The van der Waals surface area contributed by atoms with E-state index < -0.39 is 17.5 Å². The van der Waals surface area contributed by atoms with Gasteiger partial charge in [-0.1, -0.05) is 0 Å².